The van der Waals surface area contributed by atoms with Crippen LogP contribution >= 0.6 is 0 Å². The molecule has 2 rings (SSSR count). The van der Waals surface area contributed by atoms with Crippen molar-refractivity contribution in [3.63, 3.8) is 0 Å². The maximum Gasteiger partial charge on any atom is 0.388 e. The number of hydrogen-bond acceptors (Lipinski definition) is 6. The Bertz CT molecular complexity index is 403. The quantitative estimate of drug-likeness (QED) is 0.540. The molecule has 1 fully saturated rings. The maximum atomic E-state index is 10.7. The highest BCUT2D eigenvalue weighted by Crippen LogP contribution is 2.29. The first-order valence-electron chi connectivity index (χ1n) is 5.04. The number of nitrogens with two attached hydrogens (primary N) is 1. The van der Waals surface area contributed by atoms with Crippen LogP contribution in [0.1, 0.15) is 0 Å². The molecule has 0 aliphatic carbocycles. The third-order valence-corrected chi connectivity index (χ3v) is 2.58. The zero-order valence-corrected chi connectivity index (χ0v) is 8.72. The van der Waals surface area contributed by atoms with Gasteiger partial charge in [-0.2, -0.15) is 0 Å². The number of nitrogen functional groups attached to an aromatic ring is 1. The van der Waals surface area contributed by atoms with E-state index in [1.54, 1.807) is 6.07 Å². The summed E-state index contributed by atoms with van der Waals surface area (Å²) in [5.41, 5.74) is 6.59. The number of pyridine rings is 1. The van der Waals surface area contributed by atoms with E-state index in [9.17, 15) is 10.1 Å². The number of hydrogen-bond donors (Lipinski definition) is 2. The highest BCUT2D eigenvalue weighted by Gasteiger charge is 2.21. The summed E-state index contributed by atoms with van der Waals surface area (Å²) in [5, 5.41) is 13.9. The summed E-state index contributed by atoms with van der Waals surface area (Å²) in [6.07, 6.45) is 1.42. The van der Waals surface area contributed by atoms with Crippen molar-refractivity contribution in [3.8, 4) is 0 Å². The lowest BCUT2D eigenvalue weighted by atomic mass is 10.2. The van der Waals surface area contributed by atoms with Gasteiger partial charge >= 0.3 is 5.82 Å². The van der Waals surface area contributed by atoms with Crippen molar-refractivity contribution in [1.29, 1.82) is 0 Å². The number of nitrogens with one attached hydrogen (secondary N) is 1. The smallest absolute Gasteiger partial charge is 0.388 e. The highest BCUT2D eigenvalue weighted by atomic mass is 16.6. The second kappa shape index (κ2) is 4.31. The first-order chi connectivity index (χ1) is 7.70. The van der Waals surface area contributed by atoms with Gasteiger partial charge in [0.05, 0.1) is 5.69 Å². The Morgan fingerprint density at radius 1 is 1.50 bits per heavy atom. The summed E-state index contributed by atoms with van der Waals surface area (Å²) >= 11 is 0. The molecule has 16 heavy (non-hydrogen) atoms. The van der Waals surface area contributed by atoms with Crippen LogP contribution in [0.4, 0.5) is 17.2 Å². The van der Waals surface area contributed by atoms with Crippen molar-refractivity contribution >= 4 is 17.2 Å². The lowest BCUT2D eigenvalue weighted by Gasteiger charge is -2.29. The van der Waals surface area contributed by atoms with E-state index >= 15 is 0 Å². The van der Waals surface area contributed by atoms with Gasteiger partial charge in [-0.15, -0.1) is 0 Å². The van der Waals surface area contributed by atoms with E-state index in [2.05, 4.69) is 10.3 Å². The van der Waals surface area contributed by atoms with E-state index in [0.29, 0.717) is 5.69 Å². The Kier molecular flexibility index (Phi) is 2.86. The van der Waals surface area contributed by atoms with Crippen molar-refractivity contribution in [2.45, 2.75) is 0 Å². The molecule has 0 unspecified atom stereocenters. The van der Waals surface area contributed by atoms with Crippen molar-refractivity contribution in [3.05, 3.63) is 22.4 Å². The standard InChI is InChI=1S/C9H13N5O2/c10-8-7(13-5-3-11-4-6-13)1-2-12-9(8)14(15)16/h1-2,11H,3-6,10H2. The van der Waals surface area contributed by atoms with E-state index in [1.807, 2.05) is 4.90 Å². The molecule has 2 heterocycles. The third-order valence-electron chi connectivity index (χ3n) is 2.58. The minimum Gasteiger partial charge on any atom is -0.390 e. The normalized spacial score (nSPS) is 16.1. The van der Waals surface area contributed by atoms with E-state index in [4.69, 9.17) is 5.73 Å². The summed E-state index contributed by atoms with van der Waals surface area (Å²) in [6, 6.07) is 1.72. The van der Waals surface area contributed by atoms with Crippen LogP contribution < -0.4 is 16.0 Å². The van der Waals surface area contributed by atoms with Crippen molar-refractivity contribution in [1.82, 2.24) is 10.3 Å². The highest BCUT2D eigenvalue weighted by molar-refractivity contribution is 5.74. The predicted molar refractivity (Wildman–Crippen MR) is 60.4 cm³/mol. The zero-order chi connectivity index (χ0) is 11.5. The summed E-state index contributed by atoms with van der Waals surface area (Å²) in [5.74, 6) is -0.268. The lowest BCUT2D eigenvalue weighted by Crippen LogP contribution is -2.43. The van der Waals surface area contributed by atoms with Crippen LogP contribution in [-0.4, -0.2) is 36.1 Å². The molecule has 0 amide bonds. The van der Waals surface area contributed by atoms with Gasteiger partial charge in [0.15, 0.2) is 5.69 Å². The van der Waals surface area contributed by atoms with Crippen LogP contribution in [0.5, 0.6) is 0 Å². The Morgan fingerprint density at radius 3 is 2.81 bits per heavy atom. The van der Waals surface area contributed by atoms with E-state index in [-0.39, 0.29) is 11.5 Å². The fraction of sp³-hybridized carbons (Fsp3) is 0.444. The monoisotopic (exact) mass is 223 g/mol. The van der Waals surface area contributed by atoms with Crippen LogP contribution in [0, 0.1) is 10.1 Å². The van der Waals surface area contributed by atoms with Crippen LogP contribution in [0.25, 0.3) is 0 Å². The largest absolute Gasteiger partial charge is 0.390 e. The van der Waals surface area contributed by atoms with E-state index in [0.717, 1.165) is 26.2 Å². The molecular weight excluding hydrogens is 210 g/mol. The molecule has 0 spiro atoms. The molecule has 0 aromatic carbocycles. The van der Waals surface area contributed by atoms with Gasteiger partial charge in [0.1, 0.15) is 6.20 Å². The molecule has 1 aromatic heterocycles. The molecule has 1 aliphatic rings. The van der Waals surface area contributed by atoms with Crippen LogP contribution in [0.2, 0.25) is 0 Å². The fourth-order valence-corrected chi connectivity index (χ4v) is 1.78. The van der Waals surface area contributed by atoms with E-state index in [1.165, 1.54) is 6.20 Å². The fourth-order valence-electron chi connectivity index (χ4n) is 1.78. The second-order valence-electron chi connectivity index (χ2n) is 3.56. The minimum atomic E-state index is -0.555. The third kappa shape index (κ3) is 1.89. The van der Waals surface area contributed by atoms with Crippen LogP contribution in [-0.2, 0) is 0 Å². The Hall–Kier alpha value is -1.89. The molecule has 0 radical (unpaired) electrons. The first kappa shape index (κ1) is 10.6. The summed E-state index contributed by atoms with van der Waals surface area (Å²) in [6.45, 7) is 3.31. The lowest BCUT2D eigenvalue weighted by molar-refractivity contribution is -0.388. The topological polar surface area (TPSA) is 97.3 Å². The van der Waals surface area contributed by atoms with Gasteiger partial charge in [-0.3, -0.25) is 0 Å². The van der Waals surface area contributed by atoms with Crippen molar-refractivity contribution in [2.75, 3.05) is 36.8 Å². The number of anilines is 2. The number of nitrogens with zero attached hydrogens (tertiary/aromatic N) is 3. The van der Waals surface area contributed by atoms with E-state index < -0.39 is 4.92 Å². The number of aromatic nitrogens is 1. The summed E-state index contributed by atoms with van der Waals surface area (Å²) in [4.78, 5) is 15.8. The summed E-state index contributed by atoms with van der Waals surface area (Å²) < 4.78 is 0. The molecule has 7 heteroatoms. The molecular formula is C9H13N5O2. The summed E-state index contributed by atoms with van der Waals surface area (Å²) in [7, 11) is 0. The molecule has 3 N–H and O–H groups in total. The van der Waals surface area contributed by atoms with Crippen LogP contribution in [0.15, 0.2) is 12.3 Å². The Balaban J connectivity index is 2.33. The van der Waals surface area contributed by atoms with Crippen molar-refractivity contribution in [2.24, 2.45) is 0 Å². The van der Waals surface area contributed by atoms with Gasteiger partial charge < -0.3 is 26.1 Å². The van der Waals surface area contributed by atoms with Gasteiger partial charge in [0, 0.05) is 32.2 Å². The van der Waals surface area contributed by atoms with Crippen molar-refractivity contribution < 1.29 is 4.92 Å². The second-order valence-corrected chi connectivity index (χ2v) is 3.56. The average molecular weight is 223 g/mol. The molecule has 7 nitrogen and oxygen atoms in total. The average Bonchev–Trinajstić information content (AvgIpc) is 2.30. The Labute approximate surface area is 92.4 Å². The Morgan fingerprint density at radius 2 is 2.19 bits per heavy atom. The molecule has 0 atom stereocenters. The molecule has 1 saturated heterocycles. The SMILES string of the molecule is Nc1c(N2CCNCC2)ccnc1[N+](=O)[O-]. The molecule has 1 aromatic rings. The number of nitro groups is 1. The molecule has 1 aliphatic heterocycles. The molecule has 0 saturated carbocycles. The van der Waals surface area contributed by atoms with Gasteiger partial charge in [0.25, 0.3) is 0 Å². The predicted octanol–water partition coefficient (Wildman–Crippen LogP) is -0.0184. The number of piperazine rings is 1. The molecule has 0 bridgehead atoms. The maximum absolute atomic E-state index is 10.7. The van der Waals surface area contributed by atoms with Gasteiger partial charge in [-0.1, -0.05) is 0 Å². The van der Waals surface area contributed by atoms with Gasteiger partial charge in [-0.25, -0.2) is 0 Å². The van der Waals surface area contributed by atoms with Gasteiger partial charge in [-0.05, 0) is 9.91 Å². The zero-order valence-electron chi connectivity index (χ0n) is 8.72. The first-order valence-corrected chi connectivity index (χ1v) is 5.04. The molecule has 86 valence electrons. The minimum absolute atomic E-state index is 0.148. The van der Waals surface area contributed by atoms with Crippen LogP contribution in [0.3, 0.4) is 0 Å². The van der Waals surface area contributed by atoms with Gasteiger partial charge in [0.2, 0.25) is 0 Å². The number of rotatable bonds is 2.